The van der Waals surface area contributed by atoms with Crippen LogP contribution in [0.15, 0.2) is 6.07 Å². The van der Waals surface area contributed by atoms with Gasteiger partial charge in [-0.15, -0.1) is 0 Å². The minimum Gasteiger partial charge on any atom is -0.486 e. The highest BCUT2D eigenvalue weighted by Gasteiger charge is 2.37. The van der Waals surface area contributed by atoms with Crippen LogP contribution in [0.4, 0.5) is 10.5 Å². The van der Waals surface area contributed by atoms with Crippen molar-refractivity contribution in [3.8, 4) is 5.75 Å². The molecule has 0 saturated carbocycles. The lowest BCUT2D eigenvalue weighted by atomic mass is 9.97. The molecule has 1 saturated heterocycles. The van der Waals surface area contributed by atoms with Crippen LogP contribution in [0.1, 0.15) is 43.1 Å². The van der Waals surface area contributed by atoms with Gasteiger partial charge in [0.25, 0.3) is 5.91 Å². The van der Waals surface area contributed by atoms with E-state index in [1.807, 2.05) is 13.8 Å². The van der Waals surface area contributed by atoms with Crippen LogP contribution in [0, 0.1) is 0 Å². The van der Waals surface area contributed by atoms with E-state index in [2.05, 4.69) is 15.5 Å². The normalized spacial score (nSPS) is 22.0. The average molecular weight is 469 g/mol. The first-order valence-corrected chi connectivity index (χ1v) is 11.3. The van der Waals surface area contributed by atoms with Crippen LogP contribution in [0.2, 0.25) is 5.02 Å². The van der Waals surface area contributed by atoms with E-state index in [-0.39, 0.29) is 18.1 Å². The fourth-order valence-electron chi connectivity index (χ4n) is 4.23. The number of nitrogens with zero attached hydrogens (tertiary/aromatic N) is 1. The number of rotatable bonds is 7. The van der Waals surface area contributed by atoms with E-state index in [4.69, 9.17) is 31.5 Å². The smallest absolute Gasteiger partial charge is 0.407 e. The van der Waals surface area contributed by atoms with Gasteiger partial charge < -0.3 is 30.6 Å². The lowest BCUT2D eigenvalue weighted by Crippen LogP contribution is -2.55. The second kappa shape index (κ2) is 10.1. The molecule has 32 heavy (non-hydrogen) atoms. The summed E-state index contributed by atoms with van der Waals surface area (Å²) in [5, 5.41) is 6.16. The van der Waals surface area contributed by atoms with Crippen LogP contribution in [-0.4, -0.2) is 74.5 Å². The summed E-state index contributed by atoms with van der Waals surface area (Å²) in [4.78, 5) is 26.8. The zero-order valence-electron chi connectivity index (χ0n) is 19.1. The van der Waals surface area contributed by atoms with Crippen LogP contribution in [0.25, 0.3) is 0 Å². The molecular weight excluding hydrogens is 436 g/mol. The Labute approximate surface area is 193 Å². The van der Waals surface area contributed by atoms with Gasteiger partial charge in [0.1, 0.15) is 11.4 Å². The van der Waals surface area contributed by atoms with Crippen LogP contribution in [0.5, 0.6) is 5.75 Å². The van der Waals surface area contributed by atoms with Gasteiger partial charge in [0.15, 0.2) is 0 Å². The molecule has 0 radical (unpaired) electrons. The van der Waals surface area contributed by atoms with Gasteiger partial charge in [-0.2, -0.15) is 0 Å². The van der Waals surface area contributed by atoms with Crippen molar-refractivity contribution in [2.75, 3.05) is 45.6 Å². The number of piperidine rings is 1. The Balaban J connectivity index is 1.62. The molecule has 0 aliphatic carbocycles. The number of ether oxygens (including phenoxy) is 3. The van der Waals surface area contributed by atoms with Crippen molar-refractivity contribution in [1.29, 1.82) is 0 Å². The molecule has 2 aliphatic rings. The number of anilines is 1. The van der Waals surface area contributed by atoms with E-state index in [0.29, 0.717) is 61.1 Å². The second-order valence-electron chi connectivity index (χ2n) is 8.76. The average Bonchev–Trinajstić information content (AvgIpc) is 3.07. The van der Waals surface area contributed by atoms with Crippen LogP contribution >= 0.6 is 11.6 Å². The number of fused-ring (bicyclic) bond motifs is 1. The Morgan fingerprint density at radius 2 is 2.16 bits per heavy atom. The highest BCUT2D eigenvalue weighted by molar-refractivity contribution is 6.33. The van der Waals surface area contributed by atoms with Crippen LogP contribution in [0.3, 0.4) is 0 Å². The fraction of sp³-hybridized carbons (Fsp3) is 0.636. The standard InChI is InChI=1S/C22H33ClN4O5/c1-5-31-21(29)25-7-9-27-8-6-16(17(12-27)30-4)26-20(28)13-10-15(23)18(24)14-11-22(2,3)32-19(13)14/h10,16-17H,5-9,11-12,24H2,1-4H3,(H,25,29)(H,26,28)/t16-,17+/m0/s1. The molecule has 2 aliphatic heterocycles. The van der Waals surface area contributed by atoms with Gasteiger partial charge in [-0.1, -0.05) is 11.6 Å². The summed E-state index contributed by atoms with van der Waals surface area (Å²) in [6.07, 6.45) is 0.692. The number of carbonyl (C=O) groups excluding carboxylic acids is 2. The topological polar surface area (TPSA) is 115 Å². The van der Waals surface area contributed by atoms with E-state index in [1.165, 1.54) is 0 Å². The molecule has 0 unspecified atom stereocenters. The van der Waals surface area contributed by atoms with Crippen molar-refractivity contribution in [2.45, 2.75) is 51.4 Å². The lowest BCUT2D eigenvalue weighted by molar-refractivity contribution is 0.00672. The molecule has 1 aromatic rings. The maximum Gasteiger partial charge on any atom is 0.407 e. The fourth-order valence-corrected chi connectivity index (χ4v) is 4.45. The zero-order chi connectivity index (χ0) is 23.5. The number of benzene rings is 1. The summed E-state index contributed by atoms with van der Waals surface area (Å²) in [6, 6.07) is 1.41. The zero-order valence-corrected chi connectivity index (χ0v) is 19.9. The number of carbonyl (C=O) groups is 2. The van der Waals surface area contributed by atoms with E-state index < -0.39 is 11.7 Å². The monoisotopic (exact) mass is 468 g/mol. The van der Waals surface area contributed by atoms with Gasteiger partial charge >= 0.3 is 6.09 Å². The third-order valence-corrected chi connectivity index (χ3v) is 6.15. The number of amides is 2. The molecule has 0 spiro atoms. The SMILES string of the molecule is CCOC(=O)NCCN1CC[C@H](NC(=O)c2cc(Cl)c(N)c3c2OC(C)(C)C3)[C@H](OC)C1. The third-order valence-electron chi connectivity index (χ3n) is 5.83. The summed E-state index contributed by atoms with van der Waals surface area (Å²) in [5.41, 5.74) is 7.32. The number of nitrogens with two attached hydrogens (primary N) is 1. The third kappa shape index (κ3) is 5.57. The highest BCUT2D eigenvalue weighted by Crippen LogP contribution is 2.44. The van der Waals surface area contributed by atoms with Crippen molar-refractivity contribution >= 4 is 29.3 Å². The number of halogens is 1. The molecule has 1 aromatic carbocycles. The first-order chi connectivity index (χ1) is 15.1. The summed E-state index contributed by atoms with van der Waals surface area (Å²) in [7, 11) is 1.63. The van der Waals surface area contributed by atoms with Gasteiger partial charge in [-0.25, -0.2) is 4.79 Å². The molecule has 2 atom stereocenters. The van der Waals surface area contributed by atoms with Gasteiger partial charge in [0.05, 0.1) is 35.0 Å². The van der Waals surface area contributed by atoms with Crippen LogP contribution in [-0.2, 0) is 15.9 Å². The molecular formula is C22H33ClN4O5. The van der Waals surface area contributed by atoms with Gasteiger partial charge in [0, 0.05) is 45.3 Å². The molecule has 4 N–H and O–H groups in total. The summed E-state index contributed by atoms with van der Waals surface area (Å²) < 4.78 is 16.6. The molecule has 3 rings (SSSR count). The molecule has 2 amide bonds. The maximum atomic E-state index is 13.2. The molecule has 0 aromatic heterocycles. The van der Waals surface area contributed by atoms with Gasteiger partial charge in [-0.05, 0) is 33.3 Å². The summed E-state index contributed by atoms with van der Waals surface area (Å²) >= 11 is 6.31. The van der Waals surface area contributed by atoms with E-state index >= 15 is 0 Å². The largest absolute Gasteiger partial charge is 0.486 e. The second-order valence-corrected chi connectivity index (χ2v) is 9.16. The lowest BCUT2D eigenvalue weighted by Gasteiger charge is -2.38. The molecule has 0 bridgehead atoms. The van der Waals surface area contributed by atoms with Crippen molar-refractivity contribution < 1.29 is 23.8 Å². The molecule has 2 heterocycles. The van der Waals surface area contributed by atoms with Crippen molar-refractivity contribution in [1.82, 2.24) is 15.5 Å². The quantitative estimate of drug-likeness (QED) is 0.525. The van der Waals surface area contributed by atoms with Crippen LogP contribution < -0.4 is 21.1 Å². The van der Waals surface area contributed by atoms with Gasteiger partial charge in [0.2, 0.25) is 0 Å². The van der Waals surface area contributed by atoms with Crippen molar-refractivity contribution in [2.24, 2.45) is 0 Å². The maximum absolute atomic E-state index is 13.2. The predicted molar refractivity (Wildman–Crippen MR) is 122 cm³/mol. The Kier molecular flexibility index (Phi) is 7.74. The number of likely N-dealkylation sites (tertiary alicyclic amines) is 1. The first-order valence-electron chi connectivity index (χ1n) is 10.9. The predicted octanol–water partition coefficient (Wildman–Crippen LogP) is 2.20. The Morgan fingerprint density at radius 1 is 1.41 bits per heavy atom. The Bertz CT molecular complexity index is 863. The number of nitrogens with one attached hydrogen (secondary N) is 2. The Hall–Kier alpha value is -2.23. The molecule has 178 valence electrons. The number of hydrogen-bond donors (Lipinski definition) is 3. The molecule has 1 fully saturated rings. The number of alkyl carbamates (subject to hydrolysis) is 1. The summed E-state index contributed by atoms with van der Waals surface area (Å²) in [5.74, 6) is 0.246. The first kappa shape index (κ1) is 24.4. The van der Waals surface area contributed by atoms with E-state index in [9.17, 15) is 9.59 Å². The van der Waals surface area contributed by atoms with Crippen molar-refractivity contribution in [3.63, 3.8) is 0 Å². The van der Waals surface area contributed by atoms with E-state index in [1.54, 1.807) is 20.1 Å². The number of nitrogen functional groups attached to an aromatic ring is 1. The molecule has 9 nitrogen and oxygen atoms in total. The highest BCUT2D eigenvalue weighted by atomic mass is 35.5. The van der Waals surface area contributed by atoms with Crippen molar-refractivity contribution in [3.05, 3.63) is 22.2 Å². The van der Waals surface area contributed by atoms with E-state index in [0.717, 1.165) is 12.1 Å². The minimum absolute atomic E-state index is 0.164. The van der Waals surface area contributed by atoms with Gasteiger partial charge in [-0.3, -0.25) is 9.69 Å². The summed E-state index contributed by atoms with van der Waals surface area (Å²) in [6.45, 7) is 8.56. The number of methoxy groups -OCH3 is 1. The molecule has 10 heteroatoms. The number of hydrogen-bond acceptors (Lipinski definition) is 7. The minimum atomic E-state index is -0.450. The Morgan fingerprint density at radius 3 is 2.84 bits per heavy atom.